The molecule has 0 N–H and O–H groups in total. The van der Waals surface area contributed by atoms with Gasteiger partial charge in [-0.15, -0.1) is 11.8 Å². The molecule has 0 unspecified atom stereocenters. The smallest absolute Gasteiger partial charge is 0.246 e. The molecule has 3 rings (SSSR count). The number of hydrogen-bond donors (Lipinski definition) is 0. The molecule has 5 nitrogen and oxygen atoms in total. The third-order valence-corrected chi connectivity index (χ3v) is 5.11. The largest absolute Gasteiger partial charge is 0.377 e. The molecule has 0 aliphatic carbocycles. The molecule has 0 spiro atoms. The number of para-hydroxylation sites is 1. The number of hydrogen-bond acceptors (Lipinski definition) is 6. The molecule has 1 aromatic heterocycles. The van der Waals surface area contributed by atoms with Gasteiger partial charge in [0.1, 0.15) is 6.61 Å². The lowest BCUT2D eigenvalue weighted by molar-refractivity contribution is 0.174. The van der Waals surface area contributed by atoms with Crippen LogP contribution in [0.5, 0.6) is 0 Å². The lowest BCUT2D eigenvalue weighted by atomic mass is 10.1. The lowest BCUT2D eigenvalue weighted by Gasteiger charge is -2.39. The molecule has 6 heteroatoms. The van der Waals surface area contributed by atoms with Crippen molar-refractivity contribution in [2.45, 2.75) is 43.2 Å². The summed E-state index contributed by atoms with van der Waals surface area (Å²) in [5, 5.41) is 4.44. The standard InChI is InChI=1S/C15H19N3O2S/c1-10-11(2)21-13-7-5-4-6-12(13)18(10)8-15-16-14(9-19-3)17-20-15/h4-7,10-11H,8-9H2,1-3H3/t10-,11+/m1/s1. The summed E-state index contributed by atoms with van der Waals surface area (Å²) in [6.45, 7) is 5.49. The Bertz CT molecular complexity index is 616. The van der Waals surface area contributed by atoms with Crippen molar-refractivity contribution in [3.8, 4) is 0 Å². The van der Waals surface area contributed by atoms with E-state index in [1.54, 1.807) is 7.11 Å². The van der Waals surface area contributed by atoms with E-state index in [9.17, 15) is 0 Å². The monoisotopic (exact) mass is 305 g/mol. The molecule has 0 saturated carbocycles. The molecule has 2 heterocycles. The van der Waals surface area contributed by atoms with E-state index in [0.717, 1.165) is 0 Å². The fourth-order valence-electron chi connectivity index (χ4n) is 2.48. The first-order chi connectivity index (χ1) is 10.2. The fraction of sp³-hybridized carbons (Fsp3) is 0.467. The minimum atomic E-state index is 0.377. The van der Waals surface area contributed by atoms with E-state index in [0.29, 0.717) is 36.2 Å². The molecule has 0 radical (unpaired) electrons. The minimum absolute atomic E-state index is 0.377. The highest BCUT2D eigenvalue weighted by Gasteiger charge is 2.30. The predicted octanol–water partition coefficient (Wildman–Crippen LogP) is 3.11. The zero-order valence-corrected chi connectivity index (χ0v) is 13.3. The number of methoxy groups -OCH3 is 1. The summed E-state index contributed by atoms with van der Waals surface area (Å²) in [5.41, 5.74) is 1.24. The van der Waals surface area contributed by atoms with E-state index in [2.05, 4.69) is 53.2 Å². The highest BCUT2D eigenvalue weighted by molar-refractivity contribution is 8.00. The molecule has 2 aromatic rings. The van der Waals surface area contributed by atoms with Gasteiger partial charge < -0.3 is 14.2 Å². The van der Waals surface area contributed by atoms with Crippen LogP contribution in [0, 0.1) is 0 Å². The van der Waals surface area contributed by atoms with Gasteiger partial charge in [-0.1, -0.05) is 24.2 Å². The van der Waals surface area contributed by atoms with Crippen LogP contribution in [0.2, 0.25) is 0 Å². The molecular weight excluding hydrogens is 286 g/mol. The normalized spacial score (nSPS) is 21.4. The van der Waals surface area contributed by atoms with Crippen molar-refractivity contribution in [3.63, 3.8) is 0 Å². The van der Waals surface area contributed by atoms with Crippen LogP contribution >= 0.6 is 11.8 Å². The third kappa shape index (κ3) is 2.91. The van der Waals surface area contributed by atoms with Gasteiger partial charge in [-0.25, -0.2) is 0 Å². The van der Waals surface area contributed by atoms with E-state index in [4.69, 9.17) is 9.26 Å². The van der Waals surface area contributed by atoms with Gasteiger partial charge >= 0.3 is 0 Å². The highest BCUT2D eigenvalue weighted by atomic mass is 32.2. The Morgan fingerprint density at radius 3 is 2.95 bits per heavy atom. The molecule has 112 valence electrons. The van der Waals surface area contributed by atoms with Crippen molar-refractivity contribution in [2.75, 3.05) is 12.0 Å². The first-order valence-electron chi connectivity index (χ1n) is 7.01. The van der Waals surface area contributed by atoms with Crippen molar-refractivity contribution < 1.29 is 9.26 Å². The number of benzene rings is 1. The zero-order valence-electron chi connectivity index (χ0n) is 12.4. The summed E-state index contributed by atoms with van der Waals surface area (Å²) in [6.07, 6.45) is 0. The maximum atomic E-state index is 5.33. The number of ether oxygens (including phenoxy) is 1. The average molecular weight is 305 g/mol. The van der Waals surface area contributed by atoms with Gasteiger partial charge in [0.2, 0.25) is 5.89 Å². The quantitative estimate of drug-likeness (QED) is 0.865. The molecule has 0 saturated heterocycles. The summed E-state index contributed by atoms with van der Waals surface area (Å²) in [6, 6.07) is 8.87. The predicted molar refractivity (Wildman–Crippen MR) is 82.4 cm³/mol. The Hall–Kier alpha value is -1.53. The van der Waals surface area contributed by atoms with Crippen LogP contribution < -0.4 is 4.90 Å². The maximum Gasteiger partial charge on any atom is 0.246 e. The van der Waals surface area contributed by atoms with E-state index < -0.39 is 0 Å². The van der Waals surface area contributed by atoms with E-state index in [-0.39, 0.29) is 0 Å². The highest BCUT2D eigenvalue weighted by Crippen LogP contribution is 2.41. The molecule has 21 heavy (non-hydrogen) atoms. The summed E-state index contributed by atoms with van der Waals surface area (Å²) in [4.78, 5) is 8.01. The lowest BCUT2D eigenvalue weighted by Crippen LogP contribution is -2.41. The Kier molecular flexibility index (Phi) is 4.17. The first-order valence-corrected chi connectivity index (χ1v) is 7.89. The molecule has 0 fully saturated rings. The van der Waals surface area contributed by atoms with Gasteiger partial charge in [0.05, 0.1) is 12.2 Å². The number of thioether (sulfide) groups is 1. The number of fused-ring (bicyclic) bond motifs is 1. The molecule has 1 aliphatic heterocycles. The molecule has 2 atom stereocenters. The number of rotatable bonds is 4. The number of nitrogens with zero attached hydrogens (tertiary/aromatic N) is 3. The number of aromatic nitrogens is 2. The topological polar surface area (TPSA) is 51.4 Å². The van der Waals surface area contributed by atoms with Crippen molar-refractivity contribution in [2.24, 2.45) is 0 Å². The molecule has 1 aliphatic rings. The SMILES string of the molecule is COCc1noc(CN2c3ccccc3S[C@@H](C)[C@H]2C)n1. The van der Waals surface area contributed by atoms with Crippen molar-refractivity contribution in [1.29, 1.82) is 0 Å². The molecular formula is C15H19N3O2S. The molecule has 1 aromatic carbocycles. The Morgan fingerprint density at radius 2 is 2.14 bits per heavy atom. The second-order valence-electron chi connectivity index (χ2n) is 5.20. The Balaban J connectivity index is 1.85. The van der Waals surface area contributed by atoms with Crippen LogP contribution in [0.4, 0.5) is 5.69 Å². The van der Waals surface area contributed by atoms with E-state index in [1.807, 2.05) is 11.8 Å². The van der Waals surface area contributed by atoms with Crippen molar-refractivity contribution in [1.82, 2.24) is 10.1 Å². The van der Waals surface area contributed by atoms with Crippen LogP contribution in [0.3, 0.4) is 0 Å². The van der Waals surface area contributed by atoms with Crippen LogP contribution in [-0.2, 0) is 17.9 Å². The number of anilines is 1. The molecule has 0 amide bonds. The summed E-state index contributed by atoms with van der Waals surface area (Å²) in [7, 11) is 1.62. The first kappa shape index (κ1) is 14.4. The summed E-state index contributed by atoms with van der Waals surface area (Å²) in [5.74, 6) is 1.22. The van der Waals surface area contributed by atoms with Gasteiger partial charge in [-0.2, -0.15) is 4.98 Å². The Morgan fingerprint density at radius 1 is 1.33 bits per heavy atom. The second-order valence-corrected chi connectivity index (χ2v) is 6.62. The van der Waals surface area contributed by atoms with Gasteiger partial charge in [0, 0.05) is 23.3 Å². The van der Waals surface area contributed by atoms with Crippen LogP contribution in [-0.4, -0.2) is 28.5 Å². The van der Waals surface area contributed by atoms with Crippen LogP contribution in [0.1, 0.15) is 25.6 Å². The Labute approximate surface area is 128 Å². The van der Waals surface area contributed by atoms with Gasteiger partial charge in [-0.05, 0) is 19.1 Å². The summed E-state index contributed by atoms with van der Waals surface area (Å²) >= 11 is 1.92. The van der Waals surface area contributed by atoms with Crippen molar-refractivity contribution in [3.05, 3.63) is 36.0 Å². The summed E-state index contributed by atoms with van der Waals surface area (Å²) < 4.78 is 10.4. The maximum absolute atomic E-state index is 5.33. The second kappa shape index (κ2) is 6.07. The molecule has 0 bridgehead atoms. The fourth-order valence-corrected chi connectivity index (χ4v) is 3.69. The van der Waals surface area contributed by atoms with Crippen LogP contribution in [0.25, 0.3) is 0 Å². The van der Waals surface area contributed by atoms with Gasteiger partial charge in [0.15, 0.2) is 5.82 Å². The van der Waals surface area contributed by atoms with Crippen molar-refractivity contribution >= 4 is 17.4 Å². The van der Waals surface area contributed by atoms with Gasteiger partial charge in [-0.3, -0.25) is 0 Å². The minimum Gasteiger partial charge on any atom is -0.377 e. The zero-order chi connectivity index (χ0) is 14.8. The van der Waals surface area contributed by atoms with Gasteiger partial charge in [0.25, 0.3) is 0 Å². The van der Waals surface area contributed by atoms with E-state index in [1.165, 1.54) is 10.6 Å². The van der Waals surface area contributed by atoms with E-state index >= 15 is 0 Å². The third-order valence-electron chi connectivity index (χ3n) is 3.75. The average Bonchev–Trinajstić information content (AvgIpc) is 2.92. The van der Waals surface area contributed by atoms with Crippen LogP contribution in [0.15, 0.2) is 33.7 Å².